The molecule has 4 nitrogen and oxygen atoms in total. The maximum Gasteiger partial charge on any atom is 0.248 e. The Kier molecular flexibility index (Phi) is 5.52. The molecule has 0 N–H and O–H groups in total. The highest BCUT2D eigenvalue weighted by molar-refractivity contribution is 5.95. The van der Waals surface area contributed by atoms with Crippen LogP contribution in [-0.2, 0) is 22.6 Å². The van der Waals surface area contributed by atoms with E-state index in [1.54, 1.807) is 35.0 Å². The summed E-state index contributed by atoms with van der Waals surface area (Å²) in [7, 11) is 1.78. The molecule has 3 aromatic carbocycles. The molecule has 160 valence electrons. The lowest BCUT2D eigenvalue weighted by Gasteiger charge is -2.50. The summed E-state index contributed by atoms with van der Waals surface area (Å²) in [6.07, 6.45) is 0.783. The number of hydrogen-bond donors (Lipinski definition) is 0. The summed E-state index contributed by atoms with van der Waals surface area (Å²) in [4.78, 5) is 29.7. The normalized spacial score (nSPS) is 18.0. The fraction of sp³-hybridized carbons (Fsp3) is 0.308. The Balaban J connectivity index is 1.49. The van der Waals surface area contributed by atoms with Gasteiger partial charge in [0, 0.05) is 25.5 Å². The summed E-state index contributed by atoms with van der Waals surface area (Å²) < 4.78 is 14.1. The summed E-state index contributed by atoms with van der Waals surface area (Å²) in [5, 5.41) is 1.24. The van der Waals surface area contributed by atoms with Crippen LogP contribution in [-0.4, -0.2) is 40.7 Å². The topological polar surface area (TPSA) is 40.6 Å². The van der Waals surface area contributed by atoms with Crippen LogP contribution in [0.2, 0.25) is 0 Å². The third-order valence-corrected chi connectivity index (χ3v) is 6.37. The maximum atomic E-state index is 14.1. The largest absolute Gasteiger partial charge is 0.339 e. The number of carbonyl (C=O) groups is 2. The minimum absolute atomic E-state index is 0.0587. The molecule has 3 aromatic rings. The molecule has 31 heavy (non-hydrogen) atoms. The molecule has 1 aliphatic rings. The standard InChI is InChI=1S/C26H27FN2O2/c1-18-8-10-19(11-9-18)17-28(3)25(31)26(2)14-15-29(26)24(30)16-20-12-13-23(27)22-7-5-4-6-21(20)22/h4-13H,14-17H2,1-3H3. The van der Waals surface area contributed by atoms with Crippen LogP contribution in [0.1, 0.15) is 30.0 Å². The number of fused-ring (bicyclic) bond motifs is 1. The number of nitrogens with zero attached hydrogens (tertiary/aromatic N) is 2. The third-order valence-electron chi connectivity index (χ3n) is 6.37. The first-order valence-corrected chi connectivity index (χ1v) is 10.6. The Bertz CT molecular complexity index is 1140. The predicted octanol–water partition coefficient (Wildman–Crippen LogP) is 4.48. The molecule has 0 bridgehead atoms. The third kappa shape index (κ3) is 3.92. The average Bonchev–Trinajstić information content (AvgIpc) is 2.75. The van der Waals surface area contributed by atoms with Crippen molar-refractivity contribution in [3.63, 3.8) is 0 Å². The van der Waals surface area contributed by atoms with E-state index in [2.05, 4.69) is 0 Å². The minimum Gasteiger partial charge on any atom is -0.339 e. The molecule has 5 heteroatoms. The number of aryl methyl sites for hydroxylation is 1. The van der Waals surface area contributed by atoms with Crippen molar-refractivity contribution in [3.8, 4) is 0 Å². The number of likely N-dealkylation sites (N-methyl/N-ethyl adjacent to an activating group) is 1. The first kappa shape index (κ1) is 21.0. The fourth-order valence-corrected chi connectivity index (χ4v) is 4.37. The number of halogens is 1. The van der Waals surface area contributed by atoms with E-state index in [0.29, 0.717) is 24.9 Å². The number of rotatable bonds is 5. The maximum absolute atomic E-state index is 14.1. The van der Waals surface area contributed by atoms with Gasteiger partial charge in [-0.2, -0.15) is 0 Å². The van der Waals surface area contributed by atoms with Gasteiger partial charge in [0.15, 0.2) is 0 Å². The van der Waals surface area contributed by atoms with Gasteiger partial charge in [0.05, 0.1) is 6.42 Å². The van der Waals surface area contributed by atoms with Crippen LogP contribution >= 0.6 is 0 Å². The highest BCUT2D eigenvalue weighted by Crippen LogP contribution is 2.34. The van der Waals surface area contributed by atoms with Gasteiger partial charge in [-0.15, -0.1) is 0 Å². The lowest BCUT2D eigenvalue weighted by molar-refractivity contribution is -0.163. The van der Waals surface area contributed by atoms with E-state index in [4.69, 9.17) is 0 Å². The monoisotopic (exact) mass is 418 g/mol. The molecule has 4 rings (SSSR count). The molecule has 0 aromatic heterocycles. The second-order valence-electron chi connectivity index (χ2n) is 8.64. The Morgan fingerprint density at radius 1 is 1.03 bits per heavy atom. The molecule has 1 atom stereocenters. The molecule has 0 aliphatic carbocycles. The Labute approximate surface area is 182 Å². The van der Waals surface area contributed by atoms with Gasteiger partial charge in [0.1, 0.15) is 11.4 Å². The van der Waals surface area contributed by atoms with Gasteiger partial charge in [-0.3, -0.25) is 9.59 Å². The smallest absolute Gasteiger partial charge is 0.248 e. The number of hydrogen-bond acceptors (Lipinski definition) is 2. The van der Waals surface area contributed by atoms with Crippen molar-refractivity contribution in [2.75, 3.05) is 13.6 Å². The summed E-state index contributed by atoms with van der Waals surface area (Å²) in [6, 6.07) is 18.3. The van der Waals surface area contributed by atoms with Crippen LogP contribution in [0.5, 0.6) is 0 Å². The molecule has 1 heterocycles. The minimum atomic E-state index is -0.841. The molecule has 0 saturated carbocycles. The summed E-state index contributed by atoms with van der Waals surface area (Å²) in [6.45, 7) is 4.92. The second-order valence-corrected chi connectivity index (χ2v) is 8.64. The van der Waals surface area contributed by atoms with E-state index in [9.17, 15) is 14.0 Å². The van der Waals surface area contributed by atoms with E-state index >= 15 is 0 Å². The lowest BCUT2D eigenvalue weighted by atomic mass is 9.84. The fourth-order valence-electron chi connectivity index (χ4n) is 4.37. The average molecular weight is 419 g/mol. The molecule has 0 spiro atoms. The van der Waals surface area contributed by atoms with E-state index in [0.717, 1.165) is 16.5 Å². The molecule has 0 radical (unpaired) electrons. The van der Waals surface area contributed by atoms with Gasteiger partial charge >= 0.3 is 0 Å². The van der Waals surface area contributed by atoms with Gasteiger partial charge in [-0.25, -0.2) is 4.39 Å². The zero-order valence-corrected chi connectivity index (χ0v) is 18.2. The Hall–Kier alpha value is -3.21. The van der Waals surface area contributed by atoms with Gasteiger partial charge in [-0.1, -0.05) is 60.2 Å². The van der Waals surface area contributed by atoms with Gasteiger partial charge in [0.2, 0.25) is 11.8 Å². The number of benzene rings is 3. The van der Waals surface area contributed by atoms with Crippen molar-refractivity contribution in [2.24, 2.45) is 0 Å². The van der Waals surface area contributed by atoms with Crippen molar-refractivity contribution >= 4 is 22.6 Å². The highest BCUT2D eigenvalue weighted by Gasteiger charge is 2.50. The van der Waals surface area contributed by atoms with Crippen LogP contribution in [0.15, 0.2) is 60.7 Å². The van der Waals surface area contributed by atoms with Crippen molar-refractivity contribution in [2.45, 2.75) is 38.8 Å². The molecule has 1 unspecified atom stereocenters. The van der Waals surface area contributed by atoms with Crippen LogP contribution in [0, 0.1) is 12.7 Å². The second kappa shape index (κ2) is 8.14. The SMILES string of the molecule is Cc1ccc(CN(C)C(=O)C2(C)CCN2C(=O)Cc2ccc(F)c3ccccc23)cc1. The van der Waals surface area contributed by atoms with E-state index in [1.165, 1.54) is 11.6 Å². The quantitative estimate of drug-likeness (QED) is 0.613. The zero-order valence-electron chi connectivity index (χ0n) is 18.2. The van der Waals surface area contributed by atoms with E-state index in [1.807, 2.05) is 50.2 Å². The Morgan fingerprint density at radius 3 is 2.35 bits per heavy atom. The molecular weight excluding hydrogens is 391 g/mol. The van der Waals surface area contributed by atoms with E-state index < -0.39 is 5.54 Å². The first-order chi connectivity index (χ1) is 14.8. The number of likely N-dealkylation sites (tertiary alicyclic amines) is 1. The highest BCUT2D eigenvalue weighted by atomic mass is 19.1. The zero-order chi connectivity index (χ0) is 22.2. The van der Waals surface area contributed by atoms with E-state index in [-0.39, 0.29) is 24.1 Å². The molecule has 1 aliphatic heterocycles. The van der Waals surface area contributed by atoms with Crippen LogP contribution in [0.4, 0.5) is 4.39 Å². The van der Waals surface area contributed by atoms with Crippen LogP contribution < -0.4 is 0 Å². The van der Waals surface area contributed by atoms with Gasteiger partial charge < -0.3 is 9.80 Å². The van der Waals surface area contributed by atoms with Crippen LogP contribution in [0.3, 0.4) is 0 Å². The van der Waals surface area contributed by atoms with Crippen molar-refractivity contribution < 1.29 is 14.0 Å². The first-order valence-electron chi connectivity index (χ1n) is 10.6. The van der Waals surface area contributed by atoms with Crippen molar-refractivity contribution in [3.05, 3.63) is 83.2 Å². The summed E-state index contributed by atoms with van der Waals surface area (Å²) in [5.74, 6) is -0.465. The molecule has 1 fully saturated rings. The van der Waals surface area contributed by atoms with Crippen molar-refractivity contribution in [1.82, 2.24) is 9.80 Å². The summed E-state index contributed by atoms with van der Waals surface area (Å²) in [5.41, 5.74) is 2.16. The van der Waals surface area contributed by atoms with Crippen LogP contribution in [0.25, 0.3) is 10.8 Å². The van der Waals surface area contributed by atoms with Gasteiger partial charge in [-0.05, 0) is 42.8 Å². The number of amides is 2. The molecular formula is C26H27FN2O2. The molecule has 1 saturated heterocycles. The van der Waals surface area contributed by atoms with Gasteiger partial charge in [0.25, 0.3) is 0 Å². The van der Waals surface area contributed by atoms with Crippen molar-refractivity contribution in [1.29, 1.82) is 0 Å². The number of carbonyl (C=O) groups excluding carboxylic acids is 2. The lowest BCUT2D eigenvalue weighted by Crippen LogP contribution is -2.67. The predicted molar refractivity (Wildman–Crippen MR) is 120 cm³/mol. The molecule has 2 amide bonds. The summed E-state index contributed by atoms with van der Waals surface area (Å²) >= 11 is 0. The Morgan fingerprint density at radius 2 is 1.71 bits per heavy atom.